The third kappa shape index (κ3) is 6.38. The lowest BCUT2D eigenvalue weighted by Gasteiger charge is -2.26. The summed E-state index contributed by atoms with van der Waals surface area (Å²) in [7, 11) is -2.88. The molecule has 0 saturated heterocycles. The largest absolute Gasteiger partial charge is 0.390 e. The van der Waals surface area contributed by atoms with Gasteiger partial charge in [0.25, 0.3) is 0 Å². The maximum absolute atomic E-state index is 10.9. The van der Waals surface area contributed by atoms with Crippen molar-refractivity contribution in [1.82, 2.24) is 0 Å². The van der Waals surface area contributed by atoms with Crippen LogP contribution in [0, 0.1) is 0 Å². The Morgan fingerprint density at radius 1 is 1.21 bits per heavy atom. The van der Waals surface area contributed by atoms with E-state index in [0.717, 1.165) is 12.8 Å². The van der Waals surface area contributed by atoms with Crippen molar-refractivity contribution in [3.63, 3.8) is 0 Å². The lowest BCUT2D eigenvalue weighted by atomic mass is 9.90. The minimum absolute atomic E-state index is 0.180. The molecule has 0 aromatic heterocycles. The summed E-state index contributed by atoms with van der Waals surface area (Å²) in [4.78, 5) is 0. The second-order valence-corrected chi connectivity index (χ2v) is 6.32. The van der Waals surface area contributed by atoms with Gasteiger partial charge in [-0.25, -0.2) is 8.42 Å². The van der Waals surface area contributed by atoms with Crippen LogP contribution in [-0.2, 0) is 9.84 Å². The van der Waals surface area contributed by atoms with Crippen molar-refractivity contribution in [2.45, 2.75) is 51.6 Å². The molecule has 4 heteroatoms. The molecular weight excluding hydrogens is 200 g/mol. The summed E-state index contributed by atoms with van der Waals surface area (Å²) in [5, 5.41) is 10.0. The van der Waals surface area contributed by atoms with Gasteiger partial charge in [0.05, 0.1) is 5.60 Å². The summed E-state index contributed by atoms with van der Waals surface area (Å²) >= 11 is 0. The van der Waals surface area contributed by atoms with E-state index < -0.39 is 15.4 Å². The molecule has 0 aliphatic carbocycles. The molecule has 3 nitrogen and oxygen atoms in total. The highest BCUT2D eigenvalue weighted by Gasteiger charge is 2.23. The molecule has 0 rings (SSSR count). The van der Waals surface area contributed by atoms with Crippen molar-refractivity contribution in [3.05, 3.63) is 0 Å². The Hall–Kier alpha value is -0.0900. The second-order valence-electron chi connectivity index (χ2n) is 4.06. The first-order valence-electron chi connectivity index (χ1n) is 5.23. The molecule has 0 aliphatic heterocycles. The van der Waals surface area contributed by atoms with Gasteiger partial charge in [-0.2, -0.15) is 0 Å². The minimum atomic E-state index is -2.88. The predicted molar refractivity (Wildman–Crippen MR) is 59.1 cm³/mol. The molecule has 0 bridgehead atoms. The molecule has 0 aromatic carbocycles. The normalized spacial score (nSPS) is 16.6. The summed E-state index contributed by atoms with van der Waals surface area (Å²) in [6.07, 6.45) is 4.77. The zero-order valence-corrected chi connectivity index (χ0v) is 10.2. The zero-order valence-electron chi connectivity index (χ0n) is 9.41. The van der Waals surface area contributed by atoms with Crippen LogP contribution in [-0.4, -0.2) is 31.1 Å². The van der Waals surface area contributed by atoms with E-state index in [-0.39, 0.29) is 5.75 Å². The second kappa shape index (κ2) is 5.71. The van der Waals surface area contributed by atoms with Gasteiger partial charge >= 0.3 is 0 Å². The fourth-order valence-electron chi connectivity index (χ4n) is 1.61. The summed E-state index contributed by atoms with van der Waals surface area (Å²) in [5.74, 6) is 0.180. The third-order valence-electron chi connectivity index (χ3n) is 2.53. The van der Waals surface area contributed by atoms with Gasteiger partial charge in [-0.05, 0) is 25.7 Å². The van der Waals surface area contributed by atoms with Gasteiger partial charge in [-0.3, -0.25) is 0 Å². The highest BCUT2D eigenvalue weighted by Crippen LogP contribution is 2.23. The van der Waals surface area contributed by atoms with Crippen molar-refractivity contribution >= 4 is 9.84 Å². The molecule has 0 aliphatic rings. The highest BCUT2D eigenvalue weighted by molar-refractivity contribution is 7.90. The first kappa shape index (κ1) is 13.9. The van der Waals surface area contributed by atoms with E-state index in [1.807, 2.05) is 13.8 Å². The maximum atomic E-state index is 10.9. The first-order valence-corrected chi connectivity index (χ1v) is 7.29. The Kier molecular flexibility index (Phi) is 5.67. The van der Waals surface area contributed by atoms with E-state index in [4.69, 9.17) is 0 Å². The molecule has 0 spiro atoms. The van der Waals surface area contributed by atoms with Crippen LogP contribution in [0.1, 0.15) is 46.0 Å². The van der Waals surface area contributed by atoms with Gasteiger partial charge in [0, 0.05) is 12.0 Å². The average Bonchev–Trinajstić information content (AvgIpc) is 2.02. The van der Waals surface area contributed by atoms with E-state index in [2.05, 4.69) is 0 Å². The van der Waals surface area contributed by atoms with E-state index in [1.54, 1.807) is 0 Å². The fourth-order valence-corrected chi connectivity index (χ4v) is 2.28. The lowest BCUT2D eigenvalue weighted by molar-refractivity contribution is 0.0178. The fraction of sp³-hybridized carbons (Fsp3) is 1.00. The van der Waals surface area contributed by atoms with Crippen LogP contribution in [0.15, 0.2) is 0 Å². The summed E-state index contributed by atoms with van der Waals surface area (Å²) in [6, 6.07) is 0. The zero-order chi connectivity index (χ0) is 11.2. The Balaban J connectivity index is 3.96. The molecule has 86 valence electrons. The average molecular weight is 222 g/mol. The van der Waals surface area contributed by atoms with Crippen molar-refractivity contribution in [3.8, 4) is 0 Å². The Bertz CT molecular complexity index is 246. The van der Waals surface area contributed by atoms with Crippen LogP contribution < -0.4 is 0 Å². The molecule has 1 atom stereocenters. The standard InChI is InChI=1S/C10H22O3S/c1-4-7-10(11,5-2)8-6-9-14(3,12)13/h11H,4-9H2,1-3H3. The van der Waals surface area contributed by atoms with E-state index in [9.17, 15) is 13.5 Å². The number of hydrogen-bond donors (Lipinski definition) is 1. The van der Waals surface area contributed by atoms with Crippen molar-refractivity contribution in [2.75, 3.05) is 12.0 Å². The number of aliphatic hydroxyl groups is 1. The molecule has 14 heavy (non-hydrogen) atoms. The predicted octanol–water partition coefficient (Wildman–Crippen LogP) is 1.75. The van der Waals surface area contributed by atoms with Gasteiger partial charge in [-0.15, -0.1) is 0 Å². The summed E-state index contributed by atoms with van der Waals surface area (Å²) < 4.78 is 21.8. The quantitative estimate of drug-likeness (QED) is 0.714. The number of sulfone groups is 1. The SMILES string of the molecule is CCCC(O)(CC)CCCS(C)(=O)=O. The molecule has 0 heterocycles. The monoisotopic (exact) mass is 222 g/mol. The topological polar surface area (TPSA) is 54.4 Å². The lowest BCUT2D eigenvalue weighted by Crippen LogP contribution is -2.28. The van der Waals surface area contributed by atoms with Gasteiger partial charge in [0.1, 0.15) is 9.84 Å². The summed E-state index contributed by atoms with van der Waals surface area (Å²) in [5.41, 5.74) is -0.653. The highest BCUT2D eigenvalue weighted by atomic mass is 32.2. The molecular formula is C10H22O3S. The van der Waals surface area contributed by atoms with Crippen LogP contribution in [0.3, 0.4) is 0 Å². The molecule has 0 saturated carbocycles. The maximum Gasteiger partial charge on any atom is 0.147 e. The molecule has 0 amide bonds. The smallest absolute Gasteiger partial charge is 0.147 e. The minimum Gasteiger partial charge on any atom is -0.390 e. The third-order valence-corrected chi connectivity index (χ3v) is 3.56. The van der Waals surface area contributed by atoms with Gasteiger partial charge < -0.3 is 5.11 Å². The van der Waals surface area contributed by atoms with Crippen molar-refractivity contribution in [2.24, 2.45) is 0 Å². The Labute approximate surface area is 87.4 Å². The van der Waals surface area contributed by atoms with Crippen LogP contribution in [0.25, 0.3) is 0 Å². The number of hydrogen-bond acceptors (Lipinski definition) is 3. The summed E-state index contributed by atoms with van der Waals surface area (Å²) in [6.45, 7) is 3.97. The molecule has 1 unspecified atom stereocenters. The van der Waals surface area contributed by atoms with Crippen LogP contribution >= 0.6 is 0 Å². The Morgan fingerprint density at radius 2 is 1.79 bits per heavy atom. The molecule has 0 fully saturated rings. The van der Waals surface area contributed by atoms with E-state index in [1.165, 1.54) is 6.26 Å². The van der Waals surface area contributed by atoms with Gasteiger partial charge in [0.15, 0.2) is 0 Å². The Morgan fingerprint density at radius 3 is 2.14 bits per heavy atom. The van der Waals surface area contributed by atoms with Gasteiger partial charge in [-0.1, -0.05) is 20.3 Å². The van der Waals surface area contributed by atoms with Crippen LogP contribution in [0.2, 0.25) is 0 Å². The van der Waals surface area contributed by atoms with E-state index >= 15 is 0 Å². The molecule has 1 N–H and O–H groups in total. The molecule has 0 radical (unpaired) electrons. The van der Waals surface area contributed by atoms with Crippen LogP contribution in [0.5, 0.6) is 0 Å². The van der Waals surface area contributed by atoms with Crippen molar-refractivity contribution in [1.29, 1.82) is 0 Å². The van der Waals surface area contributed by atoms with Gasteiger partial charge in [0.2, 0.25) is 0 Å². The first-order chi connectivity index (χ1) is 6.33. The van der Waals surface area contributed by atoms with Crippen LogP contribution in [0.4, 0.5) is 0 Å². The van der Waals surface area contributed by atoms with Crippen molar-refractivity contribution < 1.29 is 13.5 Å². The number of rotatable bonds is 7. The molecule has 0 aromatic rings. The van der Waals surface area contributed by atoms with E-state index in [0.29, 0.717) is 19.3 Å².